The topological polar surface area (TPSA) is 86.7 Å². The Balaban J connectivity index is 1.52. The standard InChI is InChI=1S/C26H34N4O3S/c1-17(2)30(5)15-21(31)16-33-22-10-8-19(9-11-22)26-29-14-23(34-26)13-28-25(32)20-7-6-18(3)24(12-20)27-4/h6-12,14,17,21,27,31H,13,15-16H2,1-5H3,(H,28,32). The van der Waals surface area contributed by atoms with Crippen molar-refractivity contribution in [2.24, 2.45) is 0 Å². The summed E-state index contributed by atoms with van der Waals surface area (Å²) in [4.78, 5) is 20.1. The largest absolute Gasteiger partial charge is 0.491 e. The van der Waals surface area contributed by atoms with Crippen LogP contribution in [-0.2, 0) is 6.54 Å². The molecular formula is C26H34N4O3S. The second kappa shape index (κ2) is 12.0. The molecule has 0 bridgehead atoms. The first-order chi connectivity index (χ1) is 16.3. The van der Waals surface area contributed by atoms with E-state index in [9.17, 15) is 9.90 Å². The van der Waals surface area contributed by atoms with E-state index >= 15 is 0 Å². The van der Waals surface area contributed by atoms with Gasteiger partial charge in [0.15, 0.2) is 0 Å². The lowest BCUT2D eigenvalue weighted by atomic mass is 10.1. The summed E-state index contributed by atoms with van der Waals surface area (Å²) in [6.45, 7) is 7.41. The molecule has 0 fully saturated rings. The molecule has 0 saturated carbocycles. The molecule has 0 radical (unpaired) electrons. The van der Waals surface area contributed by atoms with Gasteiger partial charge in [0.05, 0.1) is 6.54 Å². The van der Waals surface area contributed by atoms with Crippen LogP contribution in [0.1, 0.15) is 34.6 Å². The van der Waals surface area contributed by atoms with E-state index in [0.717, 1.165) is 26.7 Å². The maximum Gasteiger partial charge on any atom is 0.251 e. The van der Waals surface area contributed by atoms with Crippen LogP contribution in [0.2, 0.25) is 0 Å². The zero-order valence-corrected chi connectivity index (χ0v) is 21.3. The maximum atomic E-state index is 12.5. The fraction of sp³-hybridized carbons (Fsp3) is 0.385. The Labute approximate surface area is 205 Å². The van der Waals surface area contributed by atoms with E-state index in [2.05, 4.69) is 34.4 Å². The number of aryl methyl sites for hydroxylation is 1. The minimum atomic E-state index is -0.548. The number of amides is 1. The van der Waals surface area contributed by atoms with Crippen molar-refractivity contribution in [2.75, 3.05) is 32.6 Å². The van der Waals surface area contributed by atoms with Crippen LogP contribution >= 0.6 is 11.3 Å². The van der Waals surface area contributed by atoms with E-state index in [-0.39, 0.29) is 12.5 Å². The first-order valence-electron chi connectivity index (χ1n) is 11.4. The van der Waals surface area contributed by atoms with Gasteiger partial charge in [-0.1, -0.05) is 6.07 Å². The molecule has 3 N–H and O–H groups in total. The number of ether oxygens (including phenoxy) is 1. The minimum absolute atomic E-state index is 0.116. The van der Waals surface area contributed by atoms with Crippen LogP contribution in [0.5, 0.6) is 5.75 Å². The van der Waals surface area contributed by atoms with Crippen LogP contribution in [-0.4, -0.2) is 60.3 Å². The summed E-state index contributed by atoms with van der Waals surface area (Å²) >= 11 is 1.54. The first kappa shape index (κ1) is 25.7. The molecule has 8 heteroatoms. The average molecular weight is 483 g/mol. The van der Waals surface area contributed by atoms with E-state index in [1.807, 2.05) is 63.5 Å². The highest BCUT2D eigenvalue weighted by Crippen LogP contribution is 2.27. The lowest BCUT2D eigenvalue weighted by Gasteiger charge is -2.24. The van der Waals surface area contributed by atoms with E-state index in [4.69, 9.17) is 4.74 Å². The molecule has 7 nitrogen and oxygen atoms in total. The van der Waals surface area contributed by atoms with Crippen molar-refractivity contribution < 1.29 is 14.6 Å². The van der Waals surface area contributed by atoms with Gasteiger partial charge in [-0.15, -0.1) is 11.3 Å². The number of aliphatic hydroxyl groups excluding tert-OH is 1. The molecule has 3 rings (SSSR count). The van der Waals surface area contributed by atoms with Gasteiger partial charge in [0.1, 0.15) is 23.5 Å². The molecule has 34 heavy (non-hydrogen) atoms. The molecule has 1 atom stereocenters. The highest BCUT2D eigenvalue weighted by atomic mass is 32.1. The lowest BCUT2D eigenvalue weighted by molar-refractivity contribution is 0.0678. The number of nitrogens with zero attached hydrogens (tertiary/aromatic N) is 2. The quantitative estimate of drug-likeness (QED) is 0.380. The minimum Gasteiger partial charge on any atom is -0.491 e. The van der Waals surface area contributed by atoms with Crippen LogP contribution in [0.15, 0.2) is 48.7 Å². The molecule has 1 heterocycles. The van der Waals surface area contributed by atoms with Crippen molar-refractivity contribution in [3.63, 3.8) is 0 Å². The van der Waals surface area contributed by atoms with Gasteiger partial charge in [0.25, 0.3) is 5.91 Å². The highest BCUT2D eigenvalue weighted by Gasteiger charge is 2.12. The highest BCUT2D eigenvalue weighted by molar-refractivity contribution is 7.15. The van der Waals surface area contributed by atoms with Crippen LogP contribution < -0.4 is 15.4 Å². The normalized spacial score (nSPS) is 12.1. The first-order valence-corrected chi connectivity index (χ1v) is 12.2. The number of likely N-dealkylation sites (N-methyl/N-ethyl adjacent to an activating group) is 1. The number of benzene rings is 2. The summed E-state index contributed by atoms with van der Waals surface area (Å²) in [5.74, 6) is 0.591. The van der Waals surface area contributed by atoms with Crippen LogP contribution in [0, 0.1) is 6.92 Å². The number of carbonyl (C=O) groups excluding carboxylic acids is 1. The maximum absolute atomic E-state index is 12.5. The van der Waals surface area contributed by atoms with Crippen LogP contribution in [0.4, 0.5) is 5.69 Å². The number of thiazole rings is 1. The molecule has 0 saturated heterocycles. The zero-order chi connectivity index (χ0) is 24.7. The number of anilines is 1. The van der Waals surface area contributed by atoms with Gasteiger partial charge in [-0.2, -0.15) is 0 Å². The number of hydrogen-bond acceptors (Lipinski definition) is 7. The van der Waals surface area contributed by atoms with E-state index in [1.54, 1.807) is 17.5 Å². The summed E-state index contributed by atoms with van der Waals surface area (Å²) in [5, 5.41) is 17.1. The Morgan fingerprint density at radius 3 is 2.62 bits per heavy atom. The summed E-state index contributed by atoms with van der Waals surface area (Å²) in [6, 6.07) is 13.7. The Morgan fingerprint density at radius 1 is 1.21 bits per heavy atom. The molecule has 2 aromatic carbocycles. The average Bonchev–Trinajstić information content (AvgIpc) is 3.31. The van der Waals surface area contributed by atoms with Crippen molar-refractivity contribution >= 4 is 22.9 Å². The summed E-state index contributed by atoms with van der Waals surface area (Å²) in [7, 11) is 3.83. The Kier molecular flexibility index (Phi) is 9.04. The fourth-order valence-corrected chi connectivity index (χ4v) is 4.16. The molecule has 1 aromatic heterocycles. The van der Waals surface area contributed by atoms with E-state index in [1.165, 1.54) is 0 Å². The van der Waals surface area contributed by atoms with Crippen molar-refractivity contribution in [3.8, 4) is 16.3 Å². The van der Waals surface area contributed by atoms with Crippen molar-refractivity contribution in [1.29, 1.82) is 0 Å². The molecule has 1 amide bonds. The van der Waals surface area contributed by atoms with Gasteiger partial charge < -0.3 is 25.4 Å². The predicted octanol–water partition coefficient (Wildman–Crippen LogP) is 4.17. The molecule has 0 aliphatic heterocycles. The molecule has 1 unspecified atom stereocenters. The molecule has 0 aliphatic carbocycles. The number of nitrogens with one attached hydrogen (secondary N) is 2. The van der Waals surface area contributed by atoms with Crippen molar-refractivity contribution in [1.82, 2.24) is 15.2 Å². The Hall–Kier alpha value is -2.94. The number of carbonyl (C=O) groups is 1. The van der Waals surface area contributed by atoms with Crippen molar-refractivity contribution in [3.05, 3.63) is 64.7 Å². The molecule has 3 aromatic rings. The third-order valence-corrected chi connectivity index (χ3v) is 6.72. The van der Waals surface area contributed by atoms with E-state index < -0.39 is 6.10 Å². The third-order valence-electron chi connectivity index (χ3n) is 5.67. The molecule has 182 valence electrons. The van der Waals surface area contributed by atoms with Gasteiger partial charge in [0.2, 0.25) is 0 Å². The van der Waals surface area contributed by atoms with E-state index in [0.29, 0.717) is 30.4 Å². The van der Waals surface area contributed by atoms with Crippen LogP contribution in [0.25, 0.3) is 10.6 Å². The van der Waals surface area contributed by atoms with Gasteiger partial charge in [-0.25, -0.2) is 4.98 Å². The number of hydrogen-bond donors (Lipinski definition) is 3. The SMILES string of the molecule is CNc1cc(C(=O)NCc2cnc(-c3ccc(OCC(O)CN(C)C(C)C)cc3)s2)ccc1C. The van der Waals surface area contributed by atoms with Gasteiger partial charge in [0, 0.05) is 47.5 Å². The summed E-state index contributed by atoms with van der Waals surface area (Å²) in [5.41, 5.74) is 3.64. The van der Waals surface area contributed by atoms with Crippen molar-refractivity contribution in [2.45, 2.75) is 39.5 Å². The Morgan fingerprint density at radius 2 is 1.94 bits per heavy atom. The second-order valence-corrected chi connectivity index (χ2v) is 9.73. The predicted molar refractivity (Wildman–Crippen MR) is 139 cm³/mol. The molecule has 0 spiro atoms. The third kappa shape index (κ3) is 7.03. The molecule has 0 aliphatic rings. The van der Waals surface area contributed by atoms with Gasteiger partial charge >= 0.3 is 0 Å². The number of rotatable bonds is 11. The van der Waals surface area contributed by atoms with Gasteiger partial charge in [-0.3, -0.25) is 4.79 Å². The fourth-order valence-electron chi connectivity index (χ4n) is 3.31. The smallest absolute Gasteiger partial charge is 0.251 e. The van der Waals surface area contributed by atoms with Crippen LogP contribution in [0.3, 0.4) is 0 Å². The monoisotopic (exact) mass is 482 g/mol. The summed E-state index contributed by atoms with van der Waals surface area (Å²) in [6.07, 6.45) is 1.24. The van der Waals surface area contributed by atoms with Gasteiger partial charge in [-0.05, 0) is 69.8 Å². The summed E-state index contributed by atoms with van der Waals surface area (Å²) < 4.78 is 5.73. The lowest BCUT2D eigenvalue weighted by Crippen LogP contribution is -2.36. The Bertz CT molecular complexity index is 1080. The second-order valence-electron chi connectivity index (χ2n) is 8.62. The molecular weight excluding hydrogens is 448 g/mol. The number of aromatic nitrogens is 1. The number of aliphatic hydroxyl groups is 1. The zero-order valence-electron chi connectivity index (χ0n) is 20.5.